The largest absolute Gasteiger partial charge is 0.490 e. The smallest absolute Gasteiger partial charge is 0.234 e. The fourth-order valence-electron chi connectivity index (χ4n) is 2.68. The number of ether oxygens (including phenoxy) is 2. The highest BCUT2D eigenvalue weighted by atomic mass is 32.2. The summed E-state index contributed by atoms with van der Waals surface area (Å²) >= 11 is 1.27. The molecule has 0 aliphatic rings. The normalized spacial score (nSPS) is 10.6. The van der Waals surface area contributed by atoms with Crippen LogP contribution in [0.3, 0.4) is 0 Å². The zero-order chi connectivity index (χ0) is 20.6. The number of nitrogens with zero attached hydrogens (tertiary/aromatic N) is 2. The van der Waals surface area contributed by atoms with Gasteiger partial charge in [-0.1, -0.05) is 17.8 Å². The summed E-state index contributed by atoms with van der Waals surface area (Å²) < 4.78 is 26.3. The fourth-order valence-corrected chi connectivity index (χ4v) is 3.45. The zero-order valence-electron chi connectivity index (χ0n) is 16.2. The van der Waals surface area contributed by atoms with E-state index in [9.17, 15) is 9.18 Å². The summed E-state index contributed by atoms with van der Waals surface area (Å²) in [6.45, 7) is 4.81. The van der Waals surface area contributed by atoms with Crippen molar-refractivity contribution >= 4 is 23.4 Å². The third-order valence-electron chi connectivity index (χ3n) is 3.85. The number of amides is 1. The van der Waals surface area contributed by atoms with Gasteiger partial charge in [-0.2, -0.15) is 0 Å². The van der Waals surface area contributed by atoms with Crippen molar-refractivity contribution < 1.29 is 18.7 Å². The molecule has 1 amide bonds. The molecule has 0 aliphatic heterocycles. The quantitative estimate of drug-likeness (QED) is 0.520. The average molecular weight is 415 g/mol. The number of halogens is 1. The minimum Gasteiger partial charge on any atom is -0.490 e. The van der Waals surface area contributed by atoms with Gasteiger partial charge in [0.15, 0.2) is 16.7 Å². The lowest BCUT2D eigenvalue weighted by Crippen LogP contribution is -2.14. The van der Waals surface area contributed by atoms with E-state index in [-0.39, 0.29) is 17.5 Å². The van der Waals surface area contributed by atoms with E-state index in [1.807, 2.05) is 13.8 Å². The van der Waals surface area contributed by atoms with E-state index in [0.29, 0.717) is 41.2 Å². The Morgan fingerprint density at radius 2 is 1.93 bits per heavy atom. The average Bonchev–Trinajstić information content (AvgIpc) is 3.17. The number of benzene rings is 2. The van der Waals surface area contributed by atoms with Crippen LogP contribution in [0.1, 0.15) is 13.8 Å². The first-order chi connectivity index (χ1) is 14.1. The maximum Gasteiger partial charge on any atom is 0.234 e. The lowest BCUT2D eigenvalue weighted by Gasteiger charge is -2.13. The van der Waals surface area contributed by atoms with Crippen LogP contribution in [0, 0.1) is 5.82 Å². The number of hydrogen-bond acceptors (Lipinski definition) is 5. The third-order valence-corrected chi connectivity index (χ3v) is 4.82. The van der Waals surface area contributed by atoms with Crippen LogP contribution in [-0.4, -0.2) is 34.4 Å². The molecule has 152 valence electrons. The number of thioether (sulfide) groups is 1. The first-order valence-corrected chi connectivity index (χ1v) is 10.2. The summed E-state index contributed by atoms with van der Waals surface area (Å²) in [5, 5.41) is 3.45. The Labute approximate surface area is 173 Å². The number of carbonyl (C=O) groups excluding carboxylic acids is 1. The van der Waals surface area contributed by atoms with Crippen molar-refractivity contribution in [3.8, 4) is 17.2 Å². The number of imidazole rings is 1. The maximum absolute atomic E-state index is 13.5. The van der Waals surface area contributed by atoms with Crippen LogP contribution in [-0.2, 0) is 4.79 Å². The zero-order valence-corrected chi connectivity index (χ0v) is 17.0. The molecule has 0 unspecified atom stereocenters. The molecule has 1 N–H and O–H groups in total. The number of nitrogens with one attached hydrogen (secondary N) is 1. The molecule has 0 saturated carbocycles. The van der Waals surface area contributed by atoms with Crippen LogP contribution >= 0.6 is 11.8 Å². The number of anilines is 1. The van der Waals surface area contributed by atoms with Gasteiger partial charge in [0.1, 0.15) is 5.82 Å². The molecule has 3 aromatic rings. The van der Waals surface area contributed by atoms with Crippen LogP contribution in [0.25, 0.3) is 5.69 Å². The minimum absolute atomic E-state index is 0.156. The lowest BCUT2D eigenvalue weighted by molar-refractivity contribution is -0.113. The second-order valence-corrected chi connectivity index (χ2v) is 6.87. The SMILES string of the molecule is CCOc1ccc(NC(=O)CSc2nccn2-c2cccc(F)c2)cc1OCC. The second kappa shape index (κ2) is 9.97. The molecule has 2 aromatic carbocycles. The van der Waals surface area contributed by atoms with Crippen LogP contribution in [0.4, 0.5) is 10.1 Å². The highest BCUT2D eigenvalue weighted by Crippen LogP contribution is 2.31. The highest BCUT2D eigenvalue weighted by molar-refractivity contribution is 7.99. The van der Waals surface area contributed by atoms with E-state index >= 15 is 0 Å². The summed E-state index contributed by atoms with van der Waals surface area (Å²) in [5.41, 5.74) is 1.27. The van der Waals surface area contributed by atoms with Gasteiger partial charge in [0.2, 0.25) is 5.91 Å². The summed E-state index contributed by atoms with van der Waals surface area (Å²) in [7, 11) is 0. The van der Waals surface area contributed by atoms with Gasteiger partial charge in [-0.25, -0.2) is 9.37 Å². The molecular weight excluding hydrogens is 393 g/mol. The second-order valence-electron chi connectivity index (χ2n) is 5.92. The molecule has 0 aliphatic carbocycles. The topological polar surface area (TPSA) is 65.4 Å². The third kappa shape index (κ3) is 5.51. The first kappa shape index (κ1) is 20.7. The van der Waals surface area contributed by atoms with E-state index in [1.165, 1.54) is 23.9 Å². The molecular formula is C21H22FN3O3S. The van der Waals surface area contributed by atoms with Crippen LogP contribution in [0.15, 0.2) is 60.0 Å². The number of hydrogen-bond donors (Lipinski definition) is 1. The van der Waals surface area contributed by atoms with Crippen molar-refractivity contribution in [3.63, 3.8) is 0 Å². The Morgan fingerprint density at radius 3 is 2.69 bits per heavy atom. The molecule has 0 spiro atoms. The van der Waals surface area contributed by atoms with Gasteiger partial charge >= 0.3 is 0 Å². The summed E-state index contributed by atoms with van der Waals surface area (Å²) in [5.74, 6) is 0.866. The predicted molar refractivity (Wildman–Crippen MR) is 112 cm³/mol. The molecule has 1 heterocycles. The fraction of sp³-hybridized carbons (Fsp3) is 0.238. The Kier molecular flexibility index (Phi) is 7.13. The molecule has 8 heteroatoms. The van der Waals surface area contributed by atoms with Crippen LogP contribution < -0.4 is 14.8 Å². The molecule has 0 bridgehead atoms. The molecule has 0 atom stereocenters. The molecule has 0 saturated heterocycles. The highest BCUT2D eigenvalue weighted by Gasteiger charge is 2.12. The standard InChI is InChI=1S/C21H22FN3O3S/c1-3-27-18-9-8-16(13-19(18)28-4-2)24-20(26)14-29-21-23-10-11-25(21)17-7-5-6-15(22)12-17/h5-13H,3-4,14H2,1-2H3,(H,24,26). The van der Waals surface area contributed by atoms with Gasteiger partial charge in [-0.15, -0.1) is 0 Å². The Hall–Kier alpha value is -3.00. The number of rotatable bonds is 9. The Balaban J connectivity index is 1.64. The van der Waals surface area contributed by atoms with Gasteiger partial charge in [-0.05, 0) is 44.2 Å². The molecule has 29 heavy (non-hydrogen) atoms. The lowest BCUT2D eigenvalue weighted by atomic mass is 10.2. The monoisotopic (exact) mass is 415 g/mol. The Morgan fingerprint density at radius 1 is 1.14 bits per heavy atom. The molecule has 1 aromatic heterocycles. The minimum atomic E-state index is -0.328. The summed E-state index contributed by atoms with van der Waals surface area (Å²) in [6.07, 6.45) is 3.35. The van der Waals surface area contributed by atoms with E-state index in [1.54, 1.807) is 47.3 Å². The van der Waals surface area contributed by atoms with Crippen LogP contribution in [0.5, 0.6) is 11.5 Å². The van der Waals surface area contributed by atoms with Crippen molar-refractivity contribution in [1.29, 1.82) is 0 Å². The van der Waals surface area contributed by atoms with Crippen molar-refractivity contribution in [2.75, 3.05) is 24.3 Å². The van der Waals surface area contributed by atoms with E-state index < -0.39 is 0 Å². The maximum atomic E-state index is 13.5. The number of carbonyl (C=O) groups is 1. The first-order valence-electron chi connectivity index (χ1n) is 9.22. The molecule has 6 nitrogen and oxygen atoms in total. The van der Waals surface area contributed by atoms with E-state index in [0.717, 1.165) is 0 Å². The summed E-state index contributed by atoms with van der Waals surface area (Å²) in [6, 6.07) is 11.5. The molecule has 0 fully saturated rings. The van der Waals surface area contributed by atoms with Gasteiger partial charge in [-0.3, -0.25) is 9.36 Å². The van der Waals surface area contributed by atoms with Gasteiger partial charge in [0.05, 0.1) is 24.7 Å². The van der Waals surface area contributed by atoms with Crippen molar-refractivity contribution in [3.05, 3.63) is 60.7 Å². The van der Waals surface area contributed by atoms with Crippen LogP contribution in [0.2, 0.25) is 0 Å². The van der Waals surface area contributed by atoms with E-state index in [4.69, 9.17) is 9.47 Å². The van der Waals surface area contributed by atoms with Gasteiger partial charge < -0.3 is 14.8 Å². The van der Waals surface area contributed by atoms with Crippen molar-refractivity contribution in [1.82, 2.24) is 9.55 Å². The van der Waals surface area contributed by atoms with E-state index in [2.05, 4.69) is 10.3 Å². The van der Waals surface area contributed by atoms with Crippen molar-refractivity contribution in [2.45, 2.75) is 19.0 Å². The van der Waals surface area contributed by atoms with Gasteiger partial charge in [0, 0.05) is 24.1 Å². The molecule has 3 rings (SSSR count). The Bertz CT molecular complexity index is 977. The summed E-state index contributed by atoms with van der Waals surface area (Å²) in [4.78, 5) is 16.6. The van der Waals surface area contributed by atoms with Crippen molar-refractivity contribution in [2.24, 2.45) is 0 Å². The number of aromatic nitrogens is 2. The van der Waals surface area contributed by atoms with Gasteiger partial charge in [0.25, 0.3) is 0 Å². The predicted octanol–water partition coefficient (Wildman–Crippen LogP) is 4.54. The molecule has 0 radical (unpaired) electrons.